The van der Waals surface area contributed by atoms with E-state index in [1.54, 1.807) is 24.3 Å². The number of nitrogens with zero attached hydrogens (tertiary/aromatic N) is 1. The Labute approximate surface area is 187 Å². The Kier molecular flexibility index (Phi) is 5.97. The minimum absolute atomic E-state index is 0.0479. The van der Waals surface area contributed by atoms with Gasteiger partial charge in [0.25, 0.3) is 11.8 Å². The zero-order chi connectivity index (χ0) is 22.9. The highest BCUT2D eigenvalue weighted by molar-refractivity contribution is 7.99. The molecular formula is C24H19F3N2O2S. The zero-order valence-electron chi connectivity index (χ0n) is 17.0. The number of hydrogen-bond acceptors (Lipinski definition) is 3. The van der Waals surface area contributed by atoms with Crippen LogP contribution < -0.4 is 10.2 Å². The van der Waals surface area contributed by atoms with Crippen molar-refractivity contribution in [3.63, 3.8) is 0 Å². The number of amides is 2. The lowest BCUT2D eigenvalue weighted by Crippen LogP contribution is -2.38. The summed E-state index contributed by atoms with van der Waals surface area (Å²) < 4.78 is 41.0. The highest BCUT2D eigenvalue weighted by Crippen LogP contribution is 2.42. The van der Waals surface area contributed by atoms with Gasteiger partial charge in [-0.15, -0.1) is 0 Å². The summed E-state index contributed by atoms with van der Waals surface area (Å²) in [6, 6.07) is 16.9. The molecule has 164 valence electrons. The van der Waals surface area contributed by atoms with Gasteiger partial charge in [0.15, 0.2) is 6.04 Å². The zero-order valence-corrected chi connectivity index (χ0v) is 17.8. The van der Waals surface area contributed by atoms with Crippen LogP contribution in [0.5, 0.6) is 0 Å². The van der Waals surface area contributed by atoms with Gasteiger partial charge in [-0.25, -0.2) is 0 Å². The molecule has 0 radical (unpaired) electrons. The number of anilines is 1. The van der Waals surface area contributed by atoms with Crippen LogP contribution in [-0.4, -0.2) is 24.5 Å². The first-order valence-corrected chi connectivity index (χ1v) is 10.8. The van der Waals surface area contributed by atoms with Crippen molar-refractivity contribution in [2.75, 3.05) is 11.4 Å². The SMILES string of the molecule is CCN1C(=O)c2ccccc2Sc2ccc(C(=O)NC(c3ccccc3)C(F)(F)F)cc21. The summed E-state index contributed by atoms with van der Waals surface area (Å²) in [6.07, 6.45) is -4.66. The van der Waals surface area contributed by atoms with Crippen LogP contribution in [0.15, 0.2) is 82.6 Å². The molecule has 3 aromatic carbocycles. The molecule has 0 bridgehead atoms. The number of rotatable bonds is 4. The molecule has 2 amide bonds. The Hall–Kier alpha value is -3.26. The minimum Gasteiger partial charge on any atom is -0.337 e. The average Bonchev–Trinajstić information content (AvgIpc) is 2.90. The van der Waals surface area contributed by atoms with Crippen molar-refractivity contribution in [3.05, 3.63) is 89.5 Å². The monoisotopic (exact) mass is 456 g/mol. The van der Waals surface area contributed by atoms with Crippen LogP contribution in [0.1, 0.15) is 39.2 Å². The highest BCUT2D eigenvalue weighted by Gasteiger charge is 2.42. The summed E-state index contributed by atoms with van der Waals surface area (Å²) in [5, 5.41) is 2.10. The Balaban J connectivity index is 1.69. The molecular weight excluding hydrogens is 437 g/mol. The maximum Gasteiger partial charge on any atom is 0.412 e. The first kappa shape index (κ1) is 22.0. The summed E-state index contributed by atoms with van der Waals surface area (Å²) in [5.74, 6) is -1.08. The van der Waals surface area contributed by atoms with E-state index >= 15 is 0 Å². The summed E-state index contributed by atoms with van der Waals surface area (Å²) in [5.41, 5.74) is 1.03. The molecule has 3 aromatic rings. The van der Waals surface area contributed by atoms with Crippen LogP contribution >= 0.6 is 11.8 Å². The van der Waals surface area contributed by atoms with E-state index in [0.29, 0.717) is 17.8 Å². The van der Waals surface area contributed by atoms with E-state index in [1.165, 1.54) is 53.1 Å². The third-order valence-corrected chi connectivity index (χ3v) is 6.29. The van der Waals surface area contributed by atoms with Gasteiger partial charge in [0.1, 0.15) is 0 Å². The molecule has 1 N–H and O–H groups in total. The quantitative estimate of drug-likeness (QED) is 0.536. The standard InChI is InChI=1S/C24H19F3N2O2S/c1-2-29-18-14-16(12-13-20(18)32-19-11-7-6-10-17(19)23(29)31)22(30)28-21(24(25,26)27)15-8-4-3-5-9-15/h3-14,21H,2H2,1H3,(H,28,30). The topological polar surface area (TPSA) is 49.4 Å². The molecule has 0 aromatic heterocycles. The Morgan fingerprint density at radius 3 is 2.38 bits per heavy atom. The molecule has 32 heavy (non-hydrogen) atoms. The van der Waals surface area contributed by atoms with Crippen LogP contribution in [0.3, 0.4) is 0 Å². The van der Waals surface area contributed by atoms with Crippen LogP contribution in [0.2, 0.25) is 0 Å². The molecule has 0 saturated carbocycles. The number of benzene rings is 3. The fraction of sp³-hybridized carbons (Fsp3) is 0.167. The van der Waals surface area contributed by atoms with E-state index in [2.05, 4.69) is 5.32 Å². The van der Waals surface area contributed by atoms with Crippen molar-refractivity contribution >= 4 is 29.3 Å². The molecule has 1 unspecified atom stereocenters. The Bertz CT molecular complexity index is 1170. The number of halogens is 3. The van der Waals surface area contributed by atoms with Crippen molar-refractivity contribution in [2.45, 2.75) is 28.9 Å². The first-order valence-electron chi connectivity index (χ1n) is 9.95. The van der Waals surface area contributed by atoms with Gasteiger partial charge in [0.2, 0.25) is 0 Å². The second-order valence-corrected chi connectivity index (χ2v) is 8.27. The molecule has 1 aliphatic heterocycles. The van der Waals surface area contributed by atoms with Crippen molar-refractivity contribution in [3.8, 4) is 0 Å². The van der Waals surface area contributed by atoms with Crippen molar-refractivity contribution in [2.24, 2.45) is 0 Å². The lowest BCUT2D eigenvalue weighted by molar-refractivity contribution is -0.155. The summed E-state index contributed by atoms with van der Waals surface area (Å²) in [7, 11) is 0. The molecule has 4 rings (SSSR count). The van der Waals surface area contributed by atoms with Crippen LogP contribution in [0, 0.1) is 0 Å². The van der Waals surface area contributed by atoms with Gasteiger partial charge in [-0.2, -0.15) is 13.2 Å². The number of fused-ring (bicyclic) bond motifs is 2. The number of hydrogen-bond donors (Lipinski definition) is 1. The normalized spacial score (nSPS) is 14.2. The molecule has 1 aliphatic rings. The third-order valence-electron chi connectivity index (χ3n) is 5.15. The smallest absolute Gasteiger partial charge is 0.337 e. The van der Waals surface area contributed by atoms with E-state index in [4.69, 9.17) is 0 Å². The second kappa shape index (κ2) is 8.70. The van der Waals surface area contributed by atoms with Gasteiger partial charge >= 0.3 is 6.18 Å². The van der Waals surface area contributed by atoms with E-state index in [9.17, 15) is 22.8 Å². The van der Waals surface area contributed by atoms with E-state index < -0.39 is 18.1 Å². The predicted molar refractivity (Wildman–Crippen MR) is 117 cm³/mol. The molecule has 0 spiro atoms. The van der Waals surface area contributed by atoms with Crippen LogP contribution in [-0.2, 0) is 0 Å². The number of nitrogens with one attached hydrogen (secondary N) is 1. The largest absolute Gasteiger partial charge is 0.412 e. The predicted octanol–water partition coefficient (Wildman–Crippen LogP) is 5.85. The fourth-order valence-corrected chi connectivity index (χ4v) is 4.65. The van der Waals surface area contributed by atoms with E-state index in [0.717, 1.165) is 9.79 Å². The Morgan fingerprint density at radius 1 is 1.00 bits per heavy atom. The van der Waals surface area contributed by atoms with Gasteiger partial charge in [0, 0.05) is 21.9 Å². The van der Waals surface area contributed by atoms with Gasteiger partial charge in [0.05, 0.1) is 11.3 Å². The Morgan fingerprint density at radius 2 is 1.69 bits per heavy atom. The van der Waals surface area contributed by atoms with Gasteiger partial charge < -0.3 is 10.2 Å². The average molecular weight is 456 g/mol. The van der Waals surface area contributed by atoms with Gasteiger partial charge in [-0.1, -0.05) is 54.2 Å². The molecule has 0 saturated heterocycles. The van der Waals surface area contributed by atoms with Crippen molar-refractivity contribution < 1.29 is 22.8 Å². The molecule has 0 aliphatic carbocycles. The van der Waals surface area contributed by atoms with Crippen LogP contribution in [0.25, 0.3) is 0 Å². The highest BCUT2D eigenvalue weighted by atomic mass is 32.2. The molecule has 8 heteroatoms. The number of carbonyl (C=O) groups is 2. The maximum atomic E-state index is 13.7. The van der Waals surface area contributed by atoms with Crippen LogP contribution in [0.4, 0.5) is 18.9 Å². The first-order chi connectivity index (χ1) is 15.3. The van der Waals surface area contributed by atoms with Gasteiger partial charge in [-0.3, -0.25) is 9.59 Å². The summed E-state index contributed by atoms with van der Waals surface area (Å²) >= 11 is 1.39. The number of carbonyl (C=O) groups excluding carboxylic acids is 2. The maximum absolute atomic E-state index is 13.7. The lowest BCUT2D eigenvalue weighted by Gasteiger charge is -2.24. The van der Waals surface area contributed by atoms with Crippen molar-refractivity contribution in [1.82, 2.24) is 5.32 Å². The second-order valence-electron chi connectivity index (χ2n) is 7.19. The molecule has 4 nitrogen and oxygen atoms in total. The molecule has 0 fully saturated rings. The molecule has 1 heterocycles. The van der Waals surface area contributed by atoms with E-state index in [1.807, 2.05) is 19.1 Å². The summed E-state index contributed by atoms with van der Waals surface area (Å²) in [4.78, 5) is 29.0. The summed E-state index contributed by atoms with van der Waals surface area (Å²) in [6.45, 7) is 2.16. The van der Waals surface area contributed by atoms with E-state index in [-0.39, 0.29) is 17.0 Å². The number of alkyl halides is 3. The lowest BCUT2D eigenvalue weighted by atomic mass is 10.1. The van der Waals surface area contributed by atoms with Crippen molar-refractivity contribution in [1.29, 1.82) is 0 Å². The molecule has 1 atom stereocenters. The fourth-order valence-electron chi connectivity index (χ4n) is 3.59. The third kappa shape index (κ3) is 4.23. The van der Waals surface area contributed by atoms with Gasteiger partial charge in [-0.05, 0) is 42.8 Å². The minimum atomic E-state index is -4.66.